The van der Waals surface area contributed by atoms with Crippen LogP contribution in [0.1, 0.15) is 23.6 Å². The zero-order valence-corrected chi connectivity index (χ0v) is 13.5. The number of benzene rings is 2. The number of ether oxygens (including phenoxy) is 1. The fourth-order valence-electron chi connectivity index (χ4n) is 4.82. The number of para-hydroxylation sites is 1. The van der Waals surface area contributed by atoms with Crippen molar-refractivity contribution in [3.63, 3.8) is 0 Å². The van der Waals surface area contributed by atoms with Gasteiger partial charge >= 0.3 is 0 Å². The molecule has 1 N–H and O–H groups in total. The molecule has 3 aliphatic rings. The Morgan fingerprint density at radius 3 is 2.67 bits per heavy atom. The van der Waals surface area contributed by atoms with Crippen molar-refractivity contribution < 1.29 is 9.84 Å². The quantitative estimate of drug-likeness (QED) is 0.876. The van der Waals surface area contributed by atoms with Crippen molar-refractivity contribution in [1.82, 2.24) is 4.90 Å². The van der Waals surface area contributed by atoms with Gasteiger partial charge in [-0.1, -0.05) is 60.7 Å². The first kappa shape index (κ1) is 14.3. The smallest absolute Gasteiger partial charge is 0.120 e. The second-order valence-corrected chi connectivity index (χ2v) is 7.18. The Kier molecular flexibility index (Phi) is 3.09. The average Bonchev–Trinajstić information content (AvgIpc) is 3.24. The van der Waals surface area contributed by atoms with Gasteiger partial charge in [-0.15, -0.1) is 0 Å². The molecule has 122 valence electrons. The van der Waals surface area contributed by atoms with Gasteiger partial charge in [-0.25, -0.2) is 0 Å². The normalized spacial score (nSPS) is 33.9. The van der Waals surface area contributed by atoms with Gasteiger partial charge < -0.3 is 9.84 Å². The van der Waals surface area contributed by atoms with E-state index in [-0.39, 0.29) is 17.7 Å². The molecule has 0 amide bonds. The number of fused-ring (bicyclic) bond motifs is 1. The Morgan fingerprint density at radius 2 is 1.88 bits per heavy atom. The predicted molar refractivity (Wildman–Crippen MR) is 92.6 cm³/mol. The molecule has 0 unspecified atom stereocenters. The number of hydrogen-bond donors (Lipinski definition) is 1. The summed E-state index contributed by atoms with van der Waals surface area (Å²) in [6.45, 7) is 1.88. The Balaban J connectivity index is 1.57. The molecule has 0 radical (unpaired) electrons. The first-order chi connectivity index (χ1) is 11.8. The molecule has 0 aromatic heterocycles. The van der Waals surface area contributed by atoms with Crippen LogP contribution in [0, 0.1) is 5.92 Å². The largest absolute Gasteiger partial charge is 0.508 e. The van der Waals surface area contributed by atoms with Gasteiger partial charge in [0, 0.05) is 24.6 Å². The van der Waals surface area contributed by atoms with E-state index in [4.69, 9.17) is 4.74 Å². The van der Waals surface area contributed by atoms with E-state index in [0.717, 1.165) is 25.1 Å². The number of phenolic OH excluding ortho intramolecular Hbond substituents is 1. The van der Waals surface area contributed by atoms with Crippen LogP contribution in [0.5, 0.6) is 5.75 Å². The van der Waals surface area contributed by atoms with Crippen molar-refractivity contribution in [2.24, 2.45) is 5.92 Å². The molecular weight excluding hydrogens is 298 g/mol. The fraction of sp³-hybridized carbons (Fsp3) is 0.333. The SMILES string of the molecule is Oc1ccccc1[C@@H]1N(Cc2ccccc2)C[C@H]2C[C@@H]3C=C[C@@]21O3. The number of nitrogens with zero attached hydrogens (tertiary/aromatic N) is 1. The van der Waals surface area contributed by atoms with E-state index in [0.29, 0.717) is 11.7 Å². The van der Waals surface area contributed by atoms with Gasteiger partial charge in [-0.3, -0.25) is 4.90 Å². The van der Waals surface area contributed by atoms with Gasteiger partial charge in [0.05, 0.1) is 12.1 Å². The summed E-state index contributed by atoms with van der Waals surface area (Å²) >= 11 is 0. The van der Waals surface area contributed by atoms with Gasteiger partial charge in [0.15, 0.2) is 0 Å². The molecule has 2 bridgehead atoms. The minimum atomic E-state index is -0.279. The molecular formula is C21H21NO2. The minimum Gasteiger partial charge on any atom is -0.508 e. The molecule has 3 nitrogen and oxygen atoms in total. The molecule has 2 aromatic carbocycles. The summed E-state index contributed by atoms with van der Waals surface area (Å²) in [4.78, 5) is 2.47. The minimum absolute atomic E-state index is 0.0626. The maximum atomic E-state index is 10.5. The van der Waals surface area contributed by atoms with Crippen LogP contribution in [0.15, 0.2) is 66.7 Å². The number of rotatable bonds is 3. The van der Waals surface area contributed by atoms with E-state index in [9.17, 15) is 5.11 Å². The summed E-state index contributed by atoms with van der Waals surface area (Å²) in [5.74, 6) is 0.865. The van der Waals surface area contributed by atoms with Gasteiger partial charge in [-0.05, 0) is 18.1 Å². The highest BCUT2D eigenvalue weighted by atomic mass is 16.5. The Morgan fingerprint density at radius 1 is 1.08 bits per heavy atom. The van der Waals surface area contributed by atoms with E-state index in [1.807, 2.05) is 18.2 Å². The first-order valence-corrected chi connectivity index (χ1v) is 8.69. The third-order valence-corrected chi connectivity index (χ3v) is 5.79. The number of hydrogen-bond acceptors (Lipinski definition) is 3. The van der Waals surface area contributed by atoms with Crippen molar-refractivity contribution in [1.29, 1.82) is 0 Å². The number of aromatic hydroxyl groups is 1. The third-order valence-electron chi connectivity index (χ3n) is 5.79. The molecule has 2 fully saturated rings. The van der Waals surface area contributed by atoms with Crippen molar-refractivity contribution in [3.05, 3.63) is 77.9 Å². The topological polar surface area (TPSA) is 32.7 Å². The highest BCUT2D eigenvalue weighted by Gasteiger charge is 2.61. The van der Waals surface area contributed by atoms with E-state index in [2.05, 4.69) is 47.4 Å². The summed E-state index contributed by atoms with van der Waals surface area (Å²) in [7, 11) is 0. The third kappa shape index (κ3) is 1.98. The van der Waals surface area contributed by atoms with Crippen LogP contribution < -0.4 is 0 Å². The maximum absolute atomic E-state index is 10.5. The molecule has 3 aliphatic heterocycles. The molecule has 1 spiro atoms. The van der Waals surface area contributed by atoms with Crippen LogP contribution in [0.25, 0.3) is 0 Å². The van der Waals surface area contributed by atoms with Crippen molar-refractivity contribution >= 4 is 0 Å². The summed E-state index contributed by atoms with van der Waals surface area (Å²) < 4.78 is 6.41. The molecule has 5 rings (SSSR count). The molecule has 0 saturated carbocycles. The van der Waals surface area contributed by atoms with Crippen molar-refractivity contribution in [2.45, 2.75) is 30.7 Å². The van der Waals surface area contributed by atoms with Crippen LogP contribution in [0.4, 0.5) is 0 Å². The van der Waals surface area contributed by atoms with Crippen LogP contribution >= 0.6 is 0 Å². The highest BCUT2D eigenvalue weighted by Crippen LogP contribution is 2.58. The summed E-state index contributed by atoms with van der Waals surface area (Å²) in [5.41, 5.74) is 1.99. The van der Waals surface area contributed by atoms with Crippen molar-refractivity contribution in [2.75, 3.05) is 6.54 Å². The van der Waals surface area contributed by atoms with E-state index in [1.54, 1.807) is 6.07 Å². The summed E-state index contributed by atoms with van der Waals surface area (Å²) in [6.07, 6.45) is 5.80. The predicted octanol–water partition coefficient (Wildman–Crippen LogP) is 3.66. The lowest BCUT2D eigenvalue weighted by atomic mass is 9.79. The molecule has 3 heterocycles. The lowest BCUT2D eigenvalue weighted by Crippen LogP contribution is -2.37. The first-order valence-electron chi connectivity index (χ1n) is 8.69. The van der Waals surface area contributed by atoms with Crippen LogP contribution in [0.2, 0.25) is 0 Å². The average molecular weight is 319 g/mol. The molecule has 2 saturated heterocycles. The molecule has 4 atom stereocenters. The van der Waals surface area contributed by atoms with Gasteiger partial charge in [0.1, 0.15) is 11.4 Å². The zero-order chi connectivity index (χ0) is 16.1. The highest BCUT2D eigenvalue weighted by molar-refractivity contribution is 5.42. The van der Waals surface area contributed by atoms with E-state index in [1.165, 1.54) is 5.56 Å². The molecule has 0 aliphatic carbocycles. The standard InChI is InChI=1S/C21H21NO2/c23-19-9-5-4-8-18(19)20-21-11-10-17(24-21)12-16(21)14-22(20)13-15-6-2-1-3-7-15/h1-11,16-17,20,23H,12-14H2/t16-,17+,20+,21-/m1/s1. The fourth-order valence-corrected chi connectivity index (χ4v) is 4.82. The van der Waals surface area contributed by atoms with E-state index < -0.39 is 0 Å². The van der Waals surface area contributed by atoms with E-state index >= 15 is 0 Å². The Hall–Kier alpha value is -2.10. The lowest BCUT2D eigenvalue weighted by molar-refractivity contribution is -0.0142. The van der Waals surface area contributed by atoms with Crippen molar-refractivity contribution in [3.8, 4) is 5.75 Å². The maximum Gasteiger partial charge on any atom is 0.120 e. The molecule has 3 heteroatoms. The number of likely N-dealkylation sites (tertiary alicyclic amines) is 1. The Labute approximate surface area is 142 Å². The second-order valence-electron chi connectivity index (χ2n) is 7.18. The summed E-state index contributed by atoms with van der Waals surface area (Å²) in [6, 6.07) is 18.3. The van der Waals surface area contributed by atoms with Crippen LogP contribution in [0.3, 0.4) is 0 Å². The summed E-state index contributed by atoms with van der Waals surface area (Å²) in [5, 5.41) is 10.5. The van der Waals surface area contributed by atoms with Gasteiger partial charge in [-0.2, -0.15) is 0 Å². The monoisotopic (exact) mass is 319 g/mol. The molecule has 24 heavy (non-hydrogen) atoms. The Bertz CT molecular complexity index is 787. The van der Waals surface area contributed by atoms with Gasteiger partial charge in [0.2, 0.25) is 0 Å². The lowest BCUT2D eigenvalue weighted by Gasteiger charge is -2.34. The van der Waals surface area contributed by atoms with Crippen LogP contribution in [-0.4, -0.2) is 28.3 Å². The molecule has 2 aromatic rings. The zero-order valence-electron chi connectivity index (χ0n) is 13.5. The second kappa shape index (κ2) is 5.20. The van der Waals surface area contributed by atoms with Crippen LogP contribution in [-0.2, 0) is 11.3 Å². The van der Waals surface area contributed by atoms with Gasteiger partial charge in [0.25, 0.3) is 0 Å². The number of phenols is 1.